The van der Waals surface area contributed by atoms with Crippen molar-refractivity contribution in [2.75, 3.05) is 6.61 Å². The van der Waals surface area contributed by atoms with Crippen molar-refractivity contribution in [2.45, 2.75) is 27.0 Å². The molecular weight excluding hydrogens is 540 g/mol. The molecule has 7 heteroatoms. The highest BCUT2D eigenvalue weighted by atomic mass is 35.5. The van der Waals surface area contributed by atoms with E-state index in [-0.39, 0.29) is 5.91 Å². The van der Waals surface area contributed by atoms with Crippen molar-refractivity contribution in [3.8, 4) is 11.5 Å². The summed E-state index contributed by atoms with van der Waals surface area (Å²) in [6.45, 7) is 5.29. The number of aryl methyl sites for hydroxylation is 1. The quantitative estimate of drug-likeness (QED) is 0.190. The van der Waals surface area contributed by atoms with Crippen molar-refractivity contribution in [3.05, 3.63) is 129 Å². The van der Waals surface area contributed by atoms with Crippen LogP contribution in [0.3, 0.4) is 0 Å². The molecule has 0 N–H and O–H groups in total. The monoisotopic (exact) mass is 568 g/mol. The molecule has 1 aliphatic heterocycles. The Balaban J connectivity index is 1.41. The number of halogens is 1. The summed E-state index contributed by atoms with van der Waals surface area (Å²) in [4.78, 5) is 20.8. The van der Waals surface area contributed by atoms with E-state index in [9.17, 15) is 4.79 Å². The second-order valence-corrected chi connectivity index (χ2v) is 10.7. The van der Waals surface area contributed by atoms with Gasteiger partial charge >= 0.3 is 0 Å². The van der Waals surface area contributed by atoms with Crippen molar-refractivity contribution in [1.29, 1.82) is 0 Å². The topological polar surface area (TPSA) is 51.1 Å². The molecule has 0 spiro atoms. The highest BCUT2D eigenvalue weighted by Gasteiger charge is 2.33. The van der Waals surface area contributed by atoms with Crippen LogP contribution in [-0.2, 0) is 17.9 Å². The molecule has 0 aliphatic carbocycles. The second kappa shape index (κ2) is 12.9. The predicted molar refractivity (Wildman–Crippen MR) is 164 cm³/mol. The van der Waals surface area contributed by atoms with Crippen LogP contribution in [0.15, 0.2) is 107 Å². The summed E-state index contributed by atoms with van der Waals surface area (Å²) in [7, 11) is 0. The molecule has 5 rings (SSSR count). The first-order valence-corrected chi connectivity index (χ1v) is 14.2. The van der Waals surface area contributed by atoms with Gasteiger partial charge in [-0.05, 0) is 84.8 Å². The highest BCUT2D eigenvalue weighted by Crippen LogP contribution is 2.37. The Bertz CT molecular complexity index is 1530. The van der Waals surface area contributed by atoms with Crippen molar-refractivity contribution in [3.63, 3.8) is 0 Å². The number of nitrogens with zero attached hydrogens (tertiary/aromatic N) is 2. The van der Waals surface area contributed by atoms with Gasteiger partial charge in [0.25, 0.3) is 5.91 Å². The molecule has 1 aliphatic rings. The van der Waals surface area contributed by atoms with E-state index in [1.807, 2.05) is 117 Å². The zero-order chi connectivity index (χ0) is 27.9. The third-order valence-corrected chi connectivity index (χ3v) is 7.46. The molecule has 5 nitrogen and oxygen atoms in total. The van der Waals surface area contributed by atoms with Crippen molar-refractivity contribution >= 4 is 46.2 Å². The number of benzene rings is 4. The van der Waals surface area contributed by atoms with E-state index in [1.54, 1.807) is 4.90 Å². The first-order valence-electron chi connectivity index (χ1n) is 13.0. The number of ether oxygens (including phenoxy) is 2. The molecular formula is C33H29ClN2O3S. The van der Waals surface area contributed by atoms with Crippen LogP contribution >= 0.6 is 23.4 Å². The number of rotatable bonds is 9. The molecule has 1 heterocycles. The number of carbonyl (C=O) groups excluding carboxylic acids is 1. The van der Waals surface area contributed by atoms with E-state index in [4.69, 9.17) is 26.1 Å². The van der Waals surface area contributed by atoms with E-state index in [0.717, 1.165) is 27.9 Å². The van der Waals surface area contributed by atoms with E-state index in [1.165, 1.54) is 11.8 Å². The molecule has 0 aromatic heterocycles. The number of carbonyl (C=O) groups is 1. The summed E-state index contributed by atoms with van der Waals surface area (Å²) < 4.78 is 11.9. The summed E-state index contributed by atoms with van der Waals surface area (Å²) in [5.74, 6) is 1.17. The van der Waals surface area contributed by atoms with E-state index >= 15 is 0 Å². The zero-order valence-electron chi connectivity index (χ0n) is 22.3. The SMILES string of the molecule is CCOc1cc(/C=C2/SC(=Nc3ccc(C)cc3)N(Cc3ccccc3)C2=O)ccc1OCc1ccc(Cl)cc1. The smallest absolute Gasteiger partial charge is 0.267 e. The zero-order valence-corrected chi connectivity index (χ0v) is 23.9. The van der Waals surface area contributed by atoms with Crippen LogP contribution in [0.4, 0.5) is 5.69 Å². The van der Waals surface area contributed by atoms with E-state index in [2.05, 4.69) is 0 Å². The Morgan fingerprint density at radius 1 is 0.875 bits per heavy atom. The molecule has 202 valence electrons. The van der Waals surface area contributed by atoms with Gasteiger partial charge in [0, 0.05) is 5.02 Å². The maximum atomic E-state index is 13.6. The third kappa shape index (κ3) is 6.95. The summed E-state index contributed by atoms with van der Waals surface area (Å²) in [6, 6.07) is 31.2. The van der Waals surface area contributed by atoms with Gasteiger partial charge in [0.05, 0.1) is 23.7 Å². The summed E-state index contributed by atoms with van der Waals surface area (Å²) in [6.07, 6.45) is 1.88. The molecule has 1 fully saturated rings. The van der Waals surface area contributed by atoms with Gasteiger partial charge in [0.2, 0.25) is 0 Å². The summed E-state index contributed by atoms with van der Waals surface area (Å²) >= 11 is 7.37. The van der Waals surface area contributed by atoms with Crippen LogP contribution in [0.2, 0.25) is 5.02 Å². The van der Waals surface area contributed by atoms with Crippen LogP contribution in [0.25, 0.3) is 6.08 Å². The molecule has 0 bridgehead atoms. The molecule has 0 saturated carbocycles. The maximum absolute atomic E-state index is 13.6. The lowest BCUT2D eigenvalue weighted by Crippen LogP contribution is -2.28. The lowest BCUT2D eigenvalue weighted by Gasteiger charge is -2.15. The predicted octanol–water partition coefficient (Wildman–Crippen LogP) is 8.43. The Hall–Kier alpha value is -4.00. The number of amides is 1. The molecule has 0 unspecified atom stereocenters. The summed E-state index contributed by atoms with van der Waals surface area (Å²) in [5, 5.41) is 1.33. The molecule has 1 saturated heterocycles. The van der Waals surface area contributed by atoms with E-state index < -0.39 is 0 Å². The molecule has 1 amide bonds. The Morgan fingerprint density at radius 3 is 2.35 bits per heavy atom. The van der Waals surface area contributed by atoms with E-state index in [0.29, 0.717) is 46.4 Å². The number of hydrogen-bond acceptors (Lipinski definition) is 5. The molecule has 0 radical (unpaired) electrons. The number of amidine groups is 1. The minimum atomic E-state index is -0.0826. The van der Waals surface area contributed by atoms with Gasteiger partial charge in [-0.2, -0.15) is 0 Å². The summed E-state index contributed by atoms with van der Waals surface area (Å²) in [5.41, 5.74) is 4.85. The van der Waals surface area contributed by atoms with Gasteiger partial charge < -0.3 is 9.47 Å². The molecule has 4 aromatic carbocycles. The standard InChI is InChI=1S/C33H29ClN2O3S/c1-3-38-30-19-26(13-18-29(30)39-22-25-11-14-27(34)15-12-25)20-31-32(37)36(21-24-7-5-4-6-8-24)33(40-31)35-28-16-9-23(2)10-17-28/h4-20H,3,21-22H2,1-2H3/b31-20+,35-33?. The Morgan fingerprint density at radius 2 is 1.62 bits per heavy atom. The van der Waals surface area contributed by atoms with Crippen molar-refractivity contribution in [2.24, 2.45) is 4.99 Å². The first kappa shape index (κ1) is 27.6. The largest absolute Gasteiger partial charge is 0.490 e. The van der Waals surface area contributed by atoms with Crippen LogP contribution < -0.4 is 9.47 Å². The molecule has 0 atom stereocenters. The third-order valence-electron chi connectivity index (χ3n) is 6.20. The minimum absolute atomic E-state index is 0.0826. The van der Waals surface area contributed by atoms with Gasteiger partial charge in [-0.1, -0.05) is 77.8 Å². The van der Waals surface area contributed by atoms with Crippen LogP contribution in [-0.4, -0.2) is 22.6 Å². The first-order chi connectivity index (χ1) is 19.5. The Labute approximate surface area is 244 Å². The fraction of sp³-hybridized carbons (Fsp3) is 0.152. The van der Waals surface area contributed by atoms with Crippen LogP contribution in [0, 0.1) is 6.92 Å². The fourth-order valence-electron chi connectivity index (χ4n) is 4.12. The minimum Gasteiger partial charge on any atom is -0.490 e. The number of hydrogen-bond donors (Lipinski definition) is 0. The lowest BCUT2D eigenvalue weighted by atomic mass is 10.1. The highest BCUT2D eigenvalue weighted by molar-refractivity contribution is 8.18. The van der Waals surface area contributed by atoms with Crippen LogP contribution in [0.5, 0.6) is 11.5 Å². The van der Waals surface area contributed by atoms with Gasteiger partial charge in [-0.15, -0.1) is 0 Å². The normalized spacial score (nSPS) is 15.2. The van der Waals surface area contributed by atoms with Crippen molar-refractivity contribution < 1.29 is 14.3 Å². The fourth-order valence-corrected chi connectivity index (χ4v) is 5.25. The maximum Gasteiger partial charge on any atom is 0.267 e. The Kier molecular flexibility index (Phi) is 8.89. The number of aliphatic imine (C=N–C) groups is 1. The second-order valence-electron chi connectivity index (χ2n) is 9.27. The average Bonchev–Trinajstić information content (AvgIpc) is 3.24. The van der Waals surface area contributed by atoms with Crippen molar-refractivity contribution in [1.82, 2.24) is 4.90 Å². The van der Waals surface area contributed by atoms with Gasteiger partial charge in [0.1, 0.15) is 6.61 Å². The van der Waals surface area contributed by atoms with Gasteiger partial charge in [-0.3, -0.25) is 9.69 Å². The van der Waals surface area contributed by atoms with Gasteiger partial charge in [-0.25, -0.2) is 4.99 Å². The average molecular weight is 569 g/mol. The number of thioether (sulfide) groups is 1. The van der Waals surface area contributed by atoms with Gasteiger partial charge in [0.15, 0.2) is 16.7 Å². The molecule has 4 aromatic rings. The molecule has 40 heavy (non-hydrogen) atoms. The lowest BCUT2D eigenvalue weighted by molar-refractivity contribution is -0.122. The van der Waals surface area contributed by atoms with Crippen LogP contribution in [0.1, 0.15) is 29.2 Å².